The molecule has 2 aliphatic heterocycles. The van der Waals surface area contributed by atoms with Crippen molar-refractivity contribution in [3.8, 4) is 11.1 Å². The first-order chi connectivity index (χ1) is 32.9. The molecule has 6 amide bonds. The lowest BCUT2D eigenvalue weighted by molar-refractivity contribution is -0.142. The fourth-order valence-corrected chi connectivity index (χ4v) is 8.58. The molecule has 0 fully saturated rings. The smallest absolute Gasteiger partial charge is 0.326 e. The van der Waals surface area contributed by atoms with Crippen LogP contribution in [0.4, 0.5) is 5.69 Å². The van der Waals surface area contributed by atoms with Gasteiger partial charge < -0.3 is 37.0 Å². The van der Waals surface area contributed by atoms with Crippen LogP contribution in [0.2, 0.25) is 0 Å². The van der Waals surface area contributed by atoms with Crippen molar-refractivity contribution in [2.45, 2.75) is 75.2 Å². The number of aliphatic carboxylic acids is 1. The number of hydrogen-bond donors (Lipinski definition) is 7. The van der Waals surface area contributed by atoms with Crippen molar-refractivity contribution >= 4 is 58.4 Å². The van der Waals surface area contributed by atoms with E-state index in [1.165, 1.54) is 11.3 Å². The number of nitrogens with one attached hydrogen (secondary N) is 6. The van der Waals surface area contributed by atoms with Gasteiger partial charge in [-0.1, -0.05) is 133 Å². The molecule has 3 heterocycles. The van der Waals surface area contributed by atoms with Crippen LogP contribution in [-0.4, -0.2) is 76.7 Å². The highest BCUT2D eigenvalue weighted by Crippen LogP contribution is 2.21. The topological polar surface area (TPSA) is 212 Å². The summed E-state index contributed by atoms with van der Waals surface area (Å²) in [7, 11) is 0. The summed E-state index contributed by atoms with van der Waals surface area (Å²) in [6.07, 6.45) is -0.481. The molecule has 7 N–H and O–H groups in total. The summed E-state index contributed by atoms with van der Waals surface area (Å²) in [5.74, 6) is -5.17. The van der Waals surface area contributed by atoms with Gasteiger partial charge in [-0.05, 0) is 57.0 Å². The molecule has 15 heteroatoms. The molecule has 0 saturated heterocycles. The van der Waals surface area contributed by atoms with Gasteiger partial charge in [-0.2, -0.15) is 0 Å². The zero-order valence-electron chi connectivity index (χ0n) is 37.1. The summed E-state index contributed by atoms with van der Waals surface area (Å²) in [4.78, 5) is 97.8. The highest BCUT2D eigenvalue weighted by atomic mass is 32.1. The van der Waals surface area contributed by atoms with Crippen molar-refractivity contribution in [2.24, 2.45) is 0 Å². The molecule has 348 valence electrons. The molecular formula is C53H52N6O8S. The molecule has 0 unspecified atom stereocenters. The maximum atomic E-state index is 14.7. The van der Waals surface area contributed by atoms with Crippen LogP contribution in [0.5, 0.6) is 0 Å². The Hall–Kier alpha value is -7.91. The second kappa shape index (κ2) is 23.5. The molecule has 1 aromatic heterocycles. The Labute approximate surface area is 398 Å². The fourth-order valence-electron chi connectivity index (χ4n) is 7.83. The van der Waals surface area contributed by atoms with Gasteiger partial charge in [0.05, 0.1) is 0 Å². The average molecular weight is 933 g/mol. The third-order valence-electron chi connectivity index (χ3n) is 11.5. The Morgan fingerprint density at radius 2 is 1.09 bits per heavy atom. The normalized spacial score (nSPS) is 18.9. The van der Waals surface area contributed by atoms with Crippen LogP contribution in [0.3, 0.4) is 0 Å². The number of carboxylic acid groups (broad SMARTS) is 1. The van der Waals surface area contributed by atoms with Crippen molar-refractivity contribution in [3.63, 3.8) is 0 Å². The van der Waals surface area contributed by atoms with E-state index in [1.807, 2.05) is 78.2 Å². The van der Waals surface area contributed by atoms with Crippen molar-refractivity contribution in [1.29, 1.82) is 0 Å². The molecule has 68 heavy (non-hydrogen) atoms. The van der Waals surface area contributed by atoms with Gasteiger partial charge in [0.2, 0.25) is 35.4 Å². The van der Waals surface area contributed by atoms with Crippen LogP contribution in [-0.2, 0) is 65.7 Å². The van der Waals surface area contributed by atoms with Gasteiger partial charge in [-0.25, -0.2) is 4.79 Å². The molecule has 14 nitrogen and oxygen atoms in total. The molecule has 5 aromatic carbocycles. The number of carbonyl (C=O) groups is 7. The van der Waals surface area contributed by atoms with Crippen molar-refractivity contribution < 1.29 is 38.7 Å². The van der Waals surface area contributed by atoms with Crippen molar-refractivity contribution in [2.75, 3.05) is 5.32 Å². The van der Waals surface area contributed by atoms with E-state index in [0.29, 0.717) is 27.9 Å². The zero-order chi connectivity index (χ0) is 47.8. The van der Waals surface area contributed by atoms with Gasteiger partial charge in [0.1, 0.15) is 30.2 Å². The van der Waals surface area contributed by atoms with Crippen LogP contribution in [0.1, 0.15) is 40.0 Å². The molecular weight excluding hydrogens is 881 g/mol. The zero-order valence-corrected chi connectivity index (χ0v) is 37.9. The lowest BCUT2D eigenvalue weighted by Crippen LogP contribution is -2.60. The van der Waals surface area contributed by atoms with E-state index in [4.69, 9.17) is 0 Å². The number of carbonyl (C=O) groups excluding carboxylic acids is 6. The largest absolute Gasteiger partial charge is 0.480 e. The summed E-state index contributed by atoms with van der Waals surface area (Å²) in [6, 6.07) is 38.8. The molecule has 5 atom stereocenters. The number of fused-ring (bicyclic) bond motifs is 18. The van der Waals surface area contributed by atoms with Crippen LogP contribution in [0.15, 0.2) is 157 Å². The molecule has 0 aliphatic carbocycles. The number of hydrogen-bond acceptors (Lipinski definition) is 8. The quantitative estimate of drug-likeness (QED) is 0.0813. The minimum Gasteiger partial charge on any atom is -0.480 e. The number of carboxylic acids is 1. The monoisotopic (exact) mass is 932 g/mol. The van der Waals surface area contributed by atoms with E-state index in [-0.39, 0.29) is 44.9 Å². The number of amides is 6. The van der Waals surface area contributed by atoms with Crippen LogP contribution < -0.4 is 31.9 Å². The summed E-state index contributed by atoms with van der Waals surface area (Å²) in [5, 5.41) is 28.7. The standard InChI is InChI=1S/C53H52N6O8S/c60-47-26-27-48(61)55-45(33-41-17-10-28-68-41)52(65)58-43(30-36-18-22-39(23-19-36)38-15-8-3-9-16-38)50(63)56-42(29-34-11-4-1-5-12-34)49(62)57-44(31-37-20-24-40(54-47)25-21-37)51(64)59-46(53(66)67)32-35-13-6-2-7-14-35/h1-25,28,42-46H,26-27,29-33H2,(H,54,60)(H,55,61)(H,56,63)(H,57,62)(H,58,65)(H,59,64)(H,66,67)/t42-,43+,44-,45-,46+/m1/s1. The maximum absolute atomic E-state index is 14.7. The maximum Gasteiger partial charge on any atom is 0.326 e. The molecule has 0 saturated carbocycles. The molecule has 0 radical (unpaired) electrons. The Bertz CT molecular complexity index is 2670. The van der Waals surface area contributed by atoms with Crippen molar-refractivity contribution in [1.82, 2.24) is 26.6 Å². The molecule has 6 aromatic rings. The van der Waals surface area contributed by atoms with Gasteiger partial charge in [-0.15, -0.1) is 11.3 Å². The first-order valence-corrected chi connectivity index (χ1v) is 23.2. The minimum absolute atomic E-state index is 0.00893. The lowest BCUT2D eigenvalue weighted by Gasteiger charge is -2.27. The van der Waals surface area contributed by atoms with E-state index in [1.54, 1.807) is 78.9 Å². The molecule has 2 bridgehead atoms. The van der Waals surface area contributed by atoms with Crippen LogP contribution in [0.25, 0.3) is 11.1 Å². The number of benzene rings is 5. The predicted molar refractivity (Wildman–Crippen MR) is 259 cm³/mol. The van der Waals surface area contributed by atoms with Gasteiger partial charge in [-0.3, -0.25) is 28.8 Å². The van der Waals surface area contributed by atoms with Crippen molar-refractivity contribution in [3.05, 3.63) is 184 Å². The summed E-state index contributed by atoms with van der Waals surface area (Å²) < 4.78 is 0. The number of thiophene rings is 1. The Balaban J connectivity index is 1.23. The van der Waals surface area contributed by atoms with Gasteiger partial charge in [0, 0.05) is 55.5 Å². The Morgan fingerprint density at radius 3 is 1.68 bits per heavy atom. The van der Waals surface area contributed by atoms with E-state index in [2.05, 4.69) is 31.9 Å². The number of rotatable bonds is 12. The Morgan fingerprint density at radius 1 is 0.559 bits per heavy atom. The number of anilines is 1. The first kappa shape index (κ1) is 48.0. The molecule has 2 aliphatic rings. The van der Waals surface area contributed by atoms with E-state index >= 15 is 0 Å². The van der Waals surface area contributed by atoms with Crippen LogP contribution in [0, 0.1) is 0 Å². The van der Waals surface area contributed by atoms with E-state index in [0.717, 1.165) is 16.0 Å². The highest BCUT2D eigenvalue weighted by molar-refractivity contribution is 7.09. The average Bonchev–Trinajstić information content (AvgIpc) is 3.87. The first-order valence-electron chi connectivity index (χ1n) is 22.3. The minimum atomic E-state index is -1.35. The second-order valence-electron chi connectivity index (χ2n) is 16.6. The summed E-state index contributed by atoms with van der Waals surface area (Å²) in [6.45, 7) is 0. The fraction of sp³-hybridized carbons (Fsp3) is 0.226. The third-order valence-corrected chi connectivity index (χ3v) is 12.4. The molecule has 8 rings (SSSR count). The predicted octanol–water partition coefficient (Wildman–Crippen LogP) is 5.17. The summed E-state index contributed by atoms with van der Waals surface area (Å²) >= 11 is 1.39. The summed E-state index contributed by atoms with van der Waals surface area (Å²) in [5.41, 5.74) is 4.94. The SMILES string of the molecule is O=C1CCC(=O)N[C@H](Cc2cccs2)C(=O)N[C@@H](Cc2ccc(-c3ccccc3)cc2)C(=O)N[C@H](Cc2ccccc2)C(=O)N[C@@H](C(=O)N[C@@H](Cc2ccccc2)C(=O)O)Cc2ccc(cc2)N1. The van der Waals surface area contributed by atoms with E-state index in [9.17, 15) is 38.7 Å². The van der Waals surface area contributed by atoms with Gasteiger partial charge >= 0.3 is 5.97 Å². The molecule has 0 spiro atoms. The Kier molecular flexibility index (Phi) is 16.6. The lowest BCUT2D eigenvalue weighted by atomic mass is 9.98. The second-order valence-corrected chi connectivity index (χ2v) is 17.6. The highest BCUT2D eigenvalue weighted by Gasteiger charge is 2.33. The van der Waals surface area contributed by atoms with E-state index < -0.39 is 71.6 Å². The third kappa shape index (κ3) is 14.0. The van der Waals surface area contributed by atoms with Gasteiger partial charge in [0.15, 0.2) is 0 Å². The van der Waals surface area contributed by atoms with Crippen LogP contribution >= 0.6 is 11.3 Å². The van der Waals surface area contributed by atoms with Gasteiger partial charge in [0.25, 0.3) is 0 Å².